The van der Waals surface area contributed by atoms with Crippen LogP contribution in [0.15, 0.2) is 54.9 Å². The van der Waals surface area contributed by atoms with E-state index in [2.05, 4.69) is 23.3 Å². The Kier molecular flexibility index (Phi) is 5.84. The number of aromatic nitrogens is 3. The lowest BCUT2D eigenvalue weighted by Crippen LogP contribution is -2.06. The Balaban J connectivity index is 1.75. The summed E-state index contributed by atoms with van der Waals surface area (Å²) in [5, 5.41) is 4.46. The molecule has 0 unspecified atom stereocenters. The molecule has 7 heteroatoms. The van der Waals surface area contributed by atoms with E-state index in [1.165, 1.54) is 0 Å². The van der Waals surface area contributed by atoms with Crippen LogP contribution in [0.2, 0.25) is 0 Å². The van der Waals surface area contributed by atoms with Crippen LogP contribution in [0.1, 0.15) is 11.1 Å². The molecule has 4 rings (SSSR count). The van der Waals surface area contributed by atoms with E-state index in [0.717, 1.165) is 33.4 Å². The molecule has 0 saturated heterocycles. The molecule has 4 aromatic rings. The fourth-order valence-electron chi connectivity index (χ4n) is 3.53. The van der Waals surface area contributed by atoms with Gasteiger partial charge >= 0.3 is 0 Å². The molecular weight excluding hydrogens is 392 g/mol. The van der Waals surface area contributed by atoms with Crippen molar-refractivity contribution < 1.29 is 14.2 Å². The van der Waals surface area contributed by atoms with Crippen LogP contribution in [0.4, 0.5) is 5.82 Å². The summed E-state index contributed by atoms with van der Waals surface area (Å²) < 4.78 is 16.4. The van der Waals surface area contributed by atoms with Crippen molar-refractivity contribution in [2.45, 2.75) is 13.5 Å². The van der Waals surface area contributed by atoms with E-state index in [1.807, 2.05) is 36.4 Å². The molecule has 0 aliphatic carbocycles. The Hall–Kier alpha value is -3.87. The van der Waals surface area contributed by atoms with Gasteiger partial charge in [0, 0.05) is 29.9 Å². The van der Waals surface area contributed by atoms with Gasteiger partial charge in [0.05, 0.1) is 26.8 Å². The minimum atomic E-state index is 0.518. The zero-order valence-corrected chi connectivity index (χ0v) is 18.0. The largest absolute Gasteiger partial charge is 0.493 e. The van der Waals surface area contributed by atoms with Crippen molar-refractivity contribution in [1.82, 2.24) is 15.0 Å². The topological polar surface area (TPSA) is 78.4 Å². The van der Waals surface area contributed by atoms with Crippen LogP contribution in [0.25, 0.3) is 22.3 Å². The first-order valence-corrected chi connectivity index (χ1v) is 9.85. The normalized spacial score (nSPS) is 10.7. The summed E-state index contributed by atoms with van der Waals surface area (Å²) in [5.74, 6) is 3.17. The summed E-state index contributed by atoms with van der Waals surface area (Å²) in [6.45, 7) is 2.57. The van der Waals surface area contributed by atoms with Crippen LogP contribution in [0.5, 0.6) is 17.2 Å². The van der Waals surface area contributed by atoms with Crippen LogP contribution < -0.4 is 19.5 Å². The predicted molar refractivity (Wildman–Crippen MR) is 121 cm³/mol. The van der Waals surface area contributed by atoms with Gasteiger partial charge in [-0.3, -0.25) is 4.98 Å². The van der Waals surface area contributed by atoms with Crippen LogP contribution in [0.3, 0.4) is 0 Å². The number of hydrogen-bond acceptors (Lipinski definition) is 7. The maximum atomic E-state index is 5.47. The lowest BCUT2D eigenvalue weighted by Gasteiger charge is -2.16. The number of anilines is 1. The lowest BCUT2D eigenvalue weighted by atomic mass is 10.1. The summed E-state index contributed by atoms with van der Waals surface area (Å²) >= 11 is 0. The zero-order valence-electron chi connectivity index (χ0n) is 18.0. The summed E-state index contributed by atoms with van der Waals surface area (Å²) in [6, 6.07) is 13.7. The number of nitrogens with zero attached hydrogens (tertiary/aromatic N) is 3. The molecule has 2 heterocycles. The molecule has 0 aliphatic rings. The molecule has 0 aliphatic heterocycles. The van der Waals surface area contributed by atoms with Crippen molar-refractivity contribution in [3.63, 3.8) is 0 Å². The number of fused-ring (bicyclic) bond motifs is 1. The van der Waals surface area contributed by atoms with E-state index >= 15 is 0 Å². The molecule has 0 bridgehead atoms. The van der Waals surface area contributed by atoms with E-state index in [4.69, 9.17) is 24.2 Å². The highest BCUT2D eigenvalue weighted by Gasteiger charge is 2.15. The van der Waals surface area contributed by atoms with Gasteiger partial charge in [0.25, 0.3) is 0 Å². The molecule has 0 fully saturated rings. The SMILES string of the molecule is COc1cc(CNc2nc(-c3cccnc3)nc3cccc(C)c23)cc(OC)c1OC. The van der Waals surface area contributed by atoms with Crippen molar-refractivity contribution in [2.24, 2.45) is 0 Å². The fourth-order valence-corrected chi connectivity index (χ4v) is 3.53. The summed E-state index contributed by atoms with van der Waals surface area (Å²) in [4.78, 5) is 13.8. The number of nitrogens with one attached hydrogen (secondary N) is 1. The third kappa shape index (κ3) is 4.07. The van der Waals surface area contributed by atoms with Crippen molar-refractivity contribution >= 4 is 16.7 Å². The van der Waals surface area contributed by atoms with Crippen LogP contribution in [-0.2, 0) is 6.54 Å². The van der Waals surface area contributed by atoms with Crippen molar-refractivity contribution in [3.05, 3.63) is 66.0 Å². The first-order chi connectivity index (χ1) is 15.1. The molecule has 2 aromatic carbocycles. The molecule has 0 amide bonds. The second kappa shape index (κ2) is 8.87. The van der Waals surface area contributed by atoms with Crippen LogP contribution >= 0.6 is 0 Å². The van der Waals surface area contributed by atoms with E-state index in [9.17, 15) is 0 Å². The number of hydrogen-bond donors (Lipinski definition) is 1. The minimum absolute atomic E-state index is 0.518. The van der Waals surface area contributed by atoms with Gasteiger partial charge in [0.15, 0.2) is 17.3 Å². The predicted octanol–water partition coefficient (Wildman–Crippen LogP) is 4.64. The van der Waals surface area contributed by atoms with E-state index < -0.39 is 0 Å². The van der Waals surface area contributed by atoms with Gasteiger partial charge in [-0.1, -0.05) is 12.1 Å². The standard InChI is InChI=1S/C24H24N4O3/c1-15-7-5-9-18-21(15)24(28-23(27-18)17-8-6-10-25-14-17)26-13-16-11-19(29-2)22(31-4)20(12-16)30-3/h5-12,14H,13H2,1-4H3,(H,26,27,28). The van der Waals surface area contributed by atoms with Gasteiger partial charge in [0.2, 0.25) is 5.75 Å². The maximum Gasteiger partial charge on any atom is 0.203 e. The second-order valence-electron chi connectivity index (χ2n) is 6.99. The molecule has 158 valence electrons. The first-order valence-electron chi connectivity index (χ1n) is 9.85. The van der Waals surface area contributed by atoms with E-state index in [0.29, 0.717) is 29.6 Å². The number of rotatable bonds is 7. The summed E-state index contributed by atoms with van der Waals surface area (Å²) in [6.07, 6.45) is 3.50. The Morgan fingerprint density at radius 2 is 1.68 bits per heavy atom. The number of pyridine rings is 1. The van der Waals surface area contributed by atoms with Gasteiger partial charge in [-0.15, -0.1) is 0 Å². The second-order valence-corrected chi connectivity index (χ2v) is 6.99. The van der Waals surface area contributed by atoms with Gasteiger partial charge in [-0.05, 0) is 48.4 Å². The fraction of sp³-hybridized carbons (Fsp3) is 0.208. The molecule has 7 nitrogen and oxygen atoms in total. The molecule has 0 radical (unpaired) electrons. The Bertz CT molecular complexity index is 1190. The van der Waals surface area contributed by atoms with Gasteiger partial charge < -0.3 is 19.5 Å². The van der Waals surface area contributed by atoms with Crippen molar-refractivity contribution in [1.29, 1.82) is 0 Å². The smallest absolute Gasteiger partial charge is 0.203 e. The maximum absolute atomic E-state index is 5.47. The average molecular weight is 416 g/mol. The molecule has 0 saturated carbocycles. The monoisotopic (exact) mass is 416 g/mol. The number of aryl methyl sites for hydroxylation is 1. The Morgan fingerprint density at radius 3 is 2.32 bits per heavy atom. The van der Waals surface area contributed by atoms with Crippen molar-refractivity contribution in [2.75, 3.05) is 26.6 Å². The third-order valence-electron chi connectivity index (χ3n) is 5.04. The molecule has 0 atom stereocenters. The highest BCUT2D eigenvalue weighted by molar-refractivity contribution is 5.93. The van der Waals surface area contributed by atoms with Gasteiger partial charge in [-0.25, -0.2) is 9.97 Å². The molecular formula is C24H24N4O3. The molecule has 2 aromatic heterocycles. The molecule has 1 N–H and O–H groups in total. The molecule has 31 heavy (non-hydrogen) atoms. The highest BCUT2D eigenvalue weighted by atomic mass is 16.5. The van der Waals surface area contributed by atoms with Gasteiger partial charge in [0.1, 0.15) is 5.82 Å². The quantitative estimate of drug-likeness (QED) is 0.470. The highest BCUT2D eigenvalue weighted by Crippen LogP contribution is 2.38. The Morgan fingerprint density at radius 1 is 0.903 bits per heavy atom. The third-order valence-corrected chi connectivity index (χ3v) is 5.04. The average Bonchev–Trinajstić information content (AvgIpc) is 2.82. The van der Waals surface area contributed by atoms with Crippen LogP contribution in [-0.4, -0.2) is 36.3 Å². The zero-order chi connectivity index (χ0) is 21.8. The first kappa shape index (κ1) is 20.4. The minimum Gasteiger partial charge on any atom is -0.493 e. The number of methoxy groups -OCH3 is 3. The lowest BCUT2D eigenvalue weighted by molar-refractivity contribution is 0.324. The molecule has 0 spiro atoms. The number of ether oxygens (including phenoxy) is 3. The summed E-state index contributed by atoms with van der Waals surface area (Å²) in [7, 11) is 4.81. The van der Waals surface area contributed by atoms with Crippen molar-refractivity contribution in [3.8, 4) is 28.6 Å². The van der Waals surface area contributed by atoms with Crippen LogP contribution in [0, 0.1) is 6.92 Å². The Labute approximate surface area is 181 Å². The van der Waals surface area contributed by atoms with E-state index in [1.54, 1.807) is 33.7 Å². The van der Waals surface area contributed by atoms with Gasteiger partial charge in [-0.2, -0.15) is 0 Å². The van der Waals surface area contributed by atoms with E-state index in [-0.39, 0.29) is 0 Å². The number of benzene rings is 2. The summed E-state index contributed by atoms with van der Waals surface area (Å²) in [5.41, 5.74) is 3.81.